The molecular weight excluding hydrogens is 472 g/mol. The Bertz CT molecular complexity index is 1300. The lowest BCUT2D eigenvalue weighted by Gasteiger charge is -2.14. The largest absolute Gasteiger partial charge is 0.493 e. The van der Waals surface area contributed by atoms with E-state index in [4.69, 9.17) is 25.8 Å². The van der Waals surface area contributed by atoms with Gasteiger partial charge in [0, 0.05) is 31.1 Å². The van der Waals surface area contributed by atoms with Crippen LogP contribution in [0.15, 0.2) is 55.4 Å². The normalized spacial score (nSPS) is 10.7. The first-order chi connectivity index (χ1) is 17.1. The van der Waals surface area contributed by atoms with Gasteiger partial charge in [-0.1, -0.05) is 18.5 Å². The molecule has 0 spiro atoms. The molecule has 0 aliphatic rings. The molecule has 0 fully saturated rings. The minimum absolute atomic E-state index is 0.320. The number of aromatic nitrogens is 4. The number of methoxy groups -OCH3 is 1. The van der Waals surface area contributed by atoms with Crippen LogP contribution in [0.2, 0.25) is 5.02 Å². The highest BCUT2D eigenvalue weighted by molar-refractivity contribution is 6.33. The summed E-state index contributed by atoms with van der Waals surface area (Å²) in [5.41, 5.74) is 1.10. The SMILES string of the molecule is CCCNC(=O)Nc1ccc(Oc2ncnc3cc(OCCn4ccnc4)c(OC)cc23)cc1Cl. The van der Waals surface area contributed by atoms with E-state index in [-0.39, 0.29) is 6.03 Å². The molecule has 2 N–H and O–H groups in total. The zero-order valence-electron chi connectivity index (χ0n) is 19.3. The fourth-order valence-corrected chi connectivity index (χ4v) is 3.47. The molecule has 182 valence electrons. The molecule has 10 nitrogen and oxygen atoms in total. The van der Waals surface area contributed by atoms with Crippen LogP contribution in [-0.4, -0.2) is 45.8 Å². The van der Waals surface area contributed by atoms with Crippen LogP contribution >= 0.6 is 11.6 Å². The van der Waals surface area contributed by atoms with Crippen molar-refractivity contribution in [2.75, 3.05) is 25.6 Å². The second-order valence-electron chi connectivity index (χ2n) is 7.47. The van der Waals surface area contributed by atoms with Crippen molar-refractivity contribution in [1.82, 2.24) is 24.8 Å². The molecule has 2 amide bonds. The molecule has 4 aromatic rings. The van der Waals surface area contributed by atoms with E-state index in [0.29, 0.717) is 64.4 Å². The average molecular weight is 497 g/mol. The Kier molecular flexibility index (Phi) is 7.84. The summed E-state index contributed by atoms with van der Waals surface area (Å²) in [6.45, 7) is 3.63. The van der Waals surface area contributed by atoms with Gasteiger partial charge in [0.2, 0.25) is 5.88 Å². The van der Waals surface area contributed by atoms with Crippen LogP contribution in [0.1, 0.15) is 13.3 Å². The number of nitrogens with zero attached hydrogens (tertiary/aromatic N) is 4. The molecule has 0 bridgehead atoms. The Morgan fingerprint density at radius 3 is 2.80 bits per heavy atom. The van der Waals surface area contributed by atoms with Crippen molar-refractivity contribution in [3.05, 3.63) is 60.4 Å². The molecule has 0 aliphatic carbocycles. The number of carbonyl (C=O) groups excluding carboxylic acids is 1. The van der Waals surface area contributed by atoms with Gasteiger partial charge in [-0.15, -0.1) is 0 Å². The second-order valence-corrected chi connectivity index (χ2v) is 7.88. The fourth-order valence-electron chi connectivity index (χ4n) is 3.25. The van der Waals surface area contributed by atoms with Crippen LogP contribution in [0.3, 0.4) is 0 Å². The summed E-state index contributed by atoms with van der Waals surface area (Å²) >= 11 is 6.35. The third-order valence-corrected chi connectivity index (χ3v) is 5.30. The monoisotopic (exact) mass is 496 g/mol. The molecule has 2 heterocycles. The fraction of sp³-hybridized carbons (Fsp3) is 0.250. The summed E-state index contributed by atoms with van der Waals surface area (Å²) in [7, 11) is 1.57. The van der Waals surface area contributed by atoms with Gasteiger partial charge in [0.25, 0.3) is 0 Å². The highest BCUT2D eigenvalue weighted by Gasteiger charge is 2.14. The number of amides is 2. The zero-order valence-corrected chi connectivity index (χ0v) is 20.1. The number of ether oxygens (including phenoxy) is 3. The number of anilines is 1. The first kappa shape index (κ1) is 24.1. The van der Waals surface area contributed by atoms with Crippen molar-refractivity contribution in [1.29, 1.82) is 0 Å². The Balaban J connectivity index is 1.51. The van der Waals surface area contributed by atoms with Crippen LogP contribution < -0.4 is 24.8 Å². The van der Waals surface area contributed by atoms with Crippen LogP contribution in [-0.2, 0) is 6.54 Å². The van der Waals surface area contributed by atoms with Gasteiger partial charge in [0.15, 0.2) is 11.5 Å². The number of imidazole rings is 1. The number of urea groups is 1. The van der Waals surface area contributed by atoms with Crippen LogP contribution in [0.5, 0.6) is 23.1 Å². The first-order valence-corrected chi connectivity index (χ1v) is 11.4. The number of halogens is 1. The van der Waals surface area contributed by atoms with Crippen molar-refractivity contribution in [3.63, 3.8) is 0 Å². The van der Waals surface area contributed by atoms with Crippen molar-refractivity contribution < 1.29 is 19.0 Å². The van der Waals surface area contributed by atoms with E-state index in [9.17, 15) is 4.79 Å². The van der Waals surface area contributed by atoms with Gasteiger partial charge in [0.05, 0.1) is 41.6 Å². The van der Waals surface area contributed by atoms with Gasteiger partial charge in [-0.3, -0.25) is 0 Å². The topological polar surface area (TPSA) is 112 Å². The van der Waals surface area contributed by atoms with E-state index in [2.05, 4.69) is 25.6 Å². The number of carbonyl (C=O) groups is 1. The molecule has 2 aromatic heterocycles. The summed E-state index contributed by atoms with van der Waals surface area (Å²) < 4.78 is 19.4. The third-order valence-electron chi connectivity index (χ3n) is 4.99. The number of nitrogens with one attached hydrogen (secondary N) is 2. The van der Waals surface area contributed by atoms with E-state index < -0.39 is 0 Å². The molecule has 0 atom stereocenters. The number of hydrogen-bond donors (Lipinski definition) is 2. The molecular formula is C24H25ClN6O4. The molecule has 0 radical (unpaired) electrons. The Labute approximate surface area is 207 Å². The van der Waals surface area contributed by atoms with Crippen LogP contribution in [0.25, 0.3) is 10.9 Å². The van der Waals surface area contributed by atoms with Crippen LogP contribution in [0, 0.1) is 0 Å². The summed E-state index contributed by atoms with van der Waals surface area (Å²) in [5, 5.41) is 6.42. The smallest absolute Gasteiger partial charge is 0.319 e. The van der Waals surface area contributed by atoms with Gasteiger partial charge < -0.3 is 29.4 Å². The quantitative estimate of drug-likeness (QED) is 0.321. The van der Waals surface area contributed by atoms with E-state index in [1.807, 2.05) is 17.7 Å². The predicted molar refractivity (Wildman–Crippen MR) is 133 cm³/mol. The third kappa shape index (κ3) is 6.10. The molecule has 0 aliphatic heterocycles. The highest BCUT2D eigenvalue weighted by atomic mass is 35.5. The number of fused-ring (bicyclic) bond motifs is 1. The number of rotatable bonds is 10. The first-order valence-electron chi connectivity index (χ1n) is 11.0. The summed E-state index contributed by atoms with van der Waals surface area (Å²) in [5.74, 6) is 1.87. The lowest BCUT2D eigenvalue weighted by Crippen LogP contribution is -2.29. The lowest BCUT2D eigenvalue weighted by molar-refractivity contribution is 0.252. The van der Waals surface area contributed by atoms with Crippen molar-refractivity contribution in [2.24, 2.45) is 0 Å². The standard InChI is InChI=1S/C24H25ClN6O4/c1-3-6-27-24(32)30-19-5-4-16(11-18(19)25)35-23-17-12-21(33-2)22(13-20(17)28-14-29-23)34-10-9-31-8-7-26-15-31/h4-5,7-8,11-15H,3,6,9-10H2,1-2H3,(H2,27,30,32). The highest BCUT2D eigenvalue weighted by Crippen LogP contribution is 2.37. The predicted octanol–water partition coefficient (Wildman–Crippen LogP) is 4.89. The van der Waals surface area contributed by atoms with Gasteiger partial charge in [-0.05, 0) is 24.6 Å². The average Bonchev–Trinajstić information content (AvgIpc) is 3.38. The number of benzene rings is 2. The molecule has 35 heavy (non-hydrogen) atoms. The van der Waals surface area contributed by atoms with E-state index in [0.717, 1.165) is 6.42 Å². The minimum Gasteiger partial charge on any atom is -0.493 e. The lowest BCUT2D eigenvalue weighted by atomic mass is 10.2. The minimum atomic E-state index is -0.320. The van der Waals surface area contributed by atoms with E-state index in [1.54, 1.807) is 50.0 Å². The van der Waals surface area contributed by atoms with Crippen molar-refractivity contribution in [3.8, 4) is 23.1 Å². The summed E-state index contributed by atoms with van der Waals surface area (Å²) in [6.07, 6.45) is 7.57. The van der Waals surface area contributed by atoms with Gasteiger partial charge in [-0.25, -0.2) is 19.7 Å². The molecule has 0 saturated heterocycles. The molecule has 4 rings (SSSR count). The van der Waals surface area contributed by atoms with E-state index in [1.165, 1.54) is 6.33 Å². The Hall–Kier alpha value is -4.05. The molecule has 11 heteroatoms. The maximum absolute atomic E-state index is 11.9. The van der Waals surface area contributed by atoms with Crippen molar-refractivity contribution >= 4 is 34.2 Å². The Morgan fingerprint density at radius 1 is 1.17 bits per heavy atom. The zero-order chi connectivity index (χ0) is 24.6. The molecule has 0 unspecified atom stereocenters. The van der Waals surface area contributed by atoms with Gasteiger partial charge in [0.1, 0.15) is 18.7 Å². The number of hydrogen-bond acceptors (Lipinski definition) is 7. The van der Waals surface area contributed by atoms with Crippen LogP contribution in [0.4, 0.5) is 10.5 Å². The van der Waals surface area contributed by atoms with Gasteiger partial charge >= 0.3 is 6.03 Å². The second kappa shape index (κ2) is 11.4. The Morgan fingerprint density at radius 2 is 2.06 bits per heavy atom. The summed E-state index contributed by atoms with van der Waals surface area (Å²) in [4.78, 5) is 24.5. The molecule has 0 saturated carbocycles. The maximum atomic E-state index is 11.9. The van der Waals surface area contributed by atoms with Crippen molar-refractivity contribution in [2.45, 2.75) is 19.9 Å². The van der Waals surface area contributed by atoms with Gasteiger partial charge in [-0.2, -0.15) is 0 Å². The summed E-state index contributed by atoms with van der Waals surface area (Å²) in [6, 6.07) is 8.20. The maximum Gasteiger partial charge on any atom is 0.319 e. The molecule has 2 aromatic carbocycles. The van der Waals surface area contributed by atoms with E-state index >= 15 is 0 Å².